The van der Waals surface area contributed by atoms with Crippen LogP contribution in [0.1, 0.15) is 16.1 Å². The van der Waals surface area contributed by atoms with Crippen LogP contribution >= 0.6 is 11.6 Å². The number of nitrogens with zero attached hydrogens (tertiary/aromatic N) is 4. The van der Waals surface area contributed by atoms with E-state index in [1.54, 1.807) is 11.0 Å². The molecule has 0 unspecified atom stereocenters. The smallest absolute Gasteiger partial charge is 0.356 e. The van der Waals surface area contributed by atoms with Gasteiger partial charge in [0.25, 0.3) is 0 Å². The number of carbonyl (C=O) groups is 2. The van der Waals surface area contributed by atoms with Gasteiger partial charge in [-0.25, -0.2) is 14.8 Å². The van der Waals surface area contributed by atoms with Crippen molar-refractivity contribution in [3.05, 3.63) is 52.9 Å². The minimum atomic E-state index is -0.533. The van der Waals surface area contributed by atoms with Crippen molar-refractivity contribution in [2.45, 2.75) is 6.54 Å². The number of halogens is 1. The fourth-order valence-corrected chi connectivity index (χ4v) is 2.88. The Kier molecular flexibility index (Phi) is 5.14. The topological polar surface area (TPSA) is 75.6 Å². The Morgan fingerprint density at radius 2 is 2.12 bits per heavy atom. The fourth-order valence-electron chi connectivity index (χ4n) is 2.66. The van der Waals surface area contributed by atoms with Gasteiger partial charge in [-0.05, 0) is 17.7 Å². The maximum atomic E-state index is 12.5. The Bertz CT molecular complexity index is 799. The van der Waals surface area contributed by atoms with E-state index in [1.807, 2.05) is 23.1 Å². The molecule has 2 heterocycles. The largest absolute Gasteiger partial charge is 0.464 e. The molecule has 0 radical (unpaired) electrons. The van der Waals surface area contributed by atoms with Crippen molar-refractivity contribution < 1.29 is 14.3 Å². The Balaban J connectivity index is 1.67. The van der Waals surface area contributed by atoms with Gasteiger partial charge in [-0.1, -0.05) is 23.7 Å². The van der Waals surface area contributed by atoms with Gasteiger partial charge in [0.15, 0.2) is 5.69 Å². The minimum absolute atomic E-state index is 0.00976. The number of ether oxygens (including phenoxy) is 1. The fraction of sp³-hybridized carbons (Fsp3) is 0.294. The molecule has 0 aliphatic carbocycles. The summed E-state index contributed by atoms with van der Waals surface area (Å²) in [5, 5.41) is 0.653. The molecule has 1 aliphatic heterocycles. The summed E-state index contributed by atoms with van der Waals surface area (Å²) in [6.45, 7) is 1.88. The molecule has 1 aliphatic rings. The molecule has 2 aromatic rings. The third kappa shape index (κ3) is 4.06. The number of aromatic nitrogens is 2. The summed E-state index contributed by atoms with van der Waals surface area (Å²) in [6.07, 6.45) is 1.30. The molecular formula is C17H17ClN4O3. The highest BCUT2D eigenvalue weighted by Gasteiger charge is 2.25. The summed E-state index contributed by atoms with van der Waals surface area (Å²) in [4.78, 5) is 35.7. The van der Waals surface area contributed by atoms with Crippen molar-refractivity contribution >= 4 is 29.3 Å². The highest BCUT2D eigenvalue weighted by Crippen LogP contribution is 2.18. The lowest BCUT2D eigenvalue weighted by molar-refractivity contribution is -0.131. The Labute approximate surface area is 150 Å². The molecule has 7 nitrogen and oxygen atoms in total. The zero-order chi connectivity index (χ0) is 17.8. The van der Waals surface area contributed by atoms with E-state index < -0.39 is 5.97 Å². The molecular weight excluding hydrogens is 344 g/mol. The summed E-state index contributed by atoms with van der Waals surface area (Å²) in [5.74, 6) is -0.00909. The zero-order valence-electron chi connectivity index (χ0n) is 13.7. The monoisotopic (exact) mass is 360 g/mol. The van der Waals surface area contributed by atoms with Crippen LogP contribution in [0.3, 0.4) is 0 Å². The van der Waals surface area contributed by atoms with Crippen LogP contribution in [0.2, 0.25) is 5.02 Å². The SMILES string of the molecule is COC(=O)c1cc(N2CCN(Cc3cccc(Cl)c3)C(=O)C2)ncn1. The van der Waals surface area contributed by atoms with E-state index >= 15 is 0 Å². The van der Waals surface area contributed by atoms with E-state index in [4.69, 9.17) is 11.6 Å². The van der Waals surface area contributed by atoms with Crippen LogP contribution in [-0.4, -0.2) is 53.5 Å². The van der Waals surface area contributed by atoms with Crippen LogP contribution in [0.25, 0.3) is 0 Å². The number of rotatable bonds is 4. The summed E-state index contributed by atoms with van der Waals surface area (Å²) >= 11 is 5.99. The van der Waals surface area contributed by atoms with Crippen molar-refractivity contribution in [3.63, 3.8) is 0 Å². The van der Waals surface area contributed by atoms with Crippen LogP contribution in [0.4, 0.5) is 5.82 Å². The third-order valence-corrected chi connectivity index (χ3v) is 4.19. The first-order valence-corrected chi connectivity index (χ1v) is 8.12. The van der Waals surface area contributed by atoms with Crippen molar-refractivity contribution in [3.8, 4) is 0 Å². The first-order valence-electron chi connectivity index (χ1n) is 7.74. The van der Waals surface area contributed by atoms with Crippen molar-refractivity contribution in [1.29, 1.82) is 0 Å². The van der Waals surface area contributed by atoms with Crippen molar-refractivity contribution in [2.24, 2.45) is 0 Å². The molecule has 25 heavy (non-hydrogen) atoms. The molecule has 0 spiro atoms. The maximum absolute atomic E-state index is 12.5. The van der Waals surface area contributed by atoms with Gasteiger partial charge in [0.1, 0.15) is 12.1 Å². The van der Waals surface area contributed by atoms with Crippen LogP contribution in [-0.2, 0) is 16.1 Å². The Hall–Kier alpha value is -2.67. The molecule has 0 atom stereocenters. The molecule has 0 N–H and O–H groups in total. The van der Waals surface area contributed by atoms with Crippen LogP contribution in [0.15, 0.2) is 36.7 Å². The van der Waals surface area contributed by atoms with Gasteiger partial charge in [-0.15, -0.1) is 0 Å². The highest BCUT2D eigenvalue weighted by atomic mass is 35.5. The van der Waals surface area contributed by atoms with Crippen LogP contribution < -0.4 is 4.90 Å². The number of carbonyl (C=O) groups excluding carboxylic acids is 2. The van der Waals surface area contributed by atoms with Crippen LogP contribution in [0.5, 0.6) is 0 Å². The molecule has 130 valence electrons. The van der Waals surface area contributed by atoms with Crippen LogP contribution in [0, 0.1) is 0 Å². The first-order chi connectivity index (χ1) is 12.1. The number of hydrogen-bond acceptors (Lipinski definition) is 6. The van der Waals surface area contributed by atoms with E-state index in [9.17, 15) is 9.59 Å². The second kappa shape index (κ2) is 7.48. The Morgan fingerprint density at radius 1 is 1.28 bits per heavy atom. The van der Waals surface area contributed by atoms with E-state index in [1.165, 1.54) is 19.5 Å². The standard InChI is InChI=1S/C17H17ClN4O3/c1-25-17(24)14-8-15(20-11-19-14)21-5-6-22(16(23)10-21)9-12-3-2-4-13(18)7-12/h2-4,7-8,11H,5-6,9-10H2,1H3. The average molecular weight is 361 g/mol. The molecule has 1 fully saturated rings. The summed E-state index contributed by atoms with van der Waals surface area (Å²) in [5.41, 5.74) is 1.16. The number of methoxy groups -OCH3 is 1. The number of anilines is 1. The minimum Gasteiger partial charge on any atom is -0.464 e. The van der Waals surface area contributed by atoms with Crippen molar-refractivity contribution in [2.75, 3.05) is 31.6 Å². The number of hydrogen-bond donors (Lipinski definition) is 0. The molecule has 8 heteroatoms. The number of benzene rings is 1. The molecule has 1 saturated heterocycles. The molecule has 0 bridgehead atoms. The molecule has 3 rings (SSSR count). The van der Waals surface area contributed by atoms with Crippen molar-refractivity contribution in [1.82, 2.24) is 14.9 Å². The number of piperazine rings is 1. The van der Waals surface area contributed by atoms with E-state index in [2.05, 4.69) is 14.7 Å². The predicted molar refractivity (Wildman–Crippen MR) is 92.5 cm³/mol. The quantitative estimate of drug-likeness (QED) is 0.773. The summed E-state index contributed by atoms with van der Waals surface area (Å²) < 4.78 is 4.66. The van der Waals surface area contributed by atoms with E-state index in [0.29, 0.717) is 30.5 Å². The van der Waals surface area contributed by atoms with Gasteiger partial charge in [0.2, 0.25) is 5.91 Å². The highest BCUT2D eigenvalue weighted by molar-refractivity contribution is 6.30. The predicted octanol–water partition coefficient (Wildman–Crippen LogP) is 1.77. The second-order valence-corrected chi connectivity index (χ2v) is 6.06. The molecule has 1 aromatic heterocycles. The second-order valence-electron chi connectivity index (χ2n) is 5.62. The molecule has 0 saturated carbocycles. The van der Waals surface area contributed by atoms with Gasteiger partial charge >= 0.3 is 5.97 Å². The third-order valence-electron chi connectivity index (χ3n) is 3.95. The number of amides is 1. The van der Waals surface area contributed by atoms with Gasteiger partial charge in [-0.3, -0.25) is 4.79 Å². The Morgan fingerprint density at radius 3 is 2.84 bits per heavy atom. The van der Waals surface area contributed by atoms with Gasteiger partial charge < -0.3 is 14.5 Å². The maximum Gasteiger partial charge on any atom is 0.356 e. The molecule has 1 amide bonds. The van der Waals surface area contributed by atoms with Gasteiger partial charge in [0, 0.05) is 30.7 Å². The van der Waals surface area contributed by atoms with Gasteiger partial charge in [0.05, 0.1) is 13.7 Å². The average Bonchev–Trinajstić information content (AvgIpc) is 2.63. The lowest BCUT2D eigenvalue weighted by atomic mass is 10.2. The lowest BCUT2D eigenvalue weighted by Crippen LogP contribution is -2.50. The first kappa shape index (κ1) is 17.2. The summed E-state index contributed by atoms with van der Waals surface area (Å²) in [6, 6.07) is 9.01. The number of esters is 1. The molecule has 1 aromatic carbocycles. The van der Waals surface area contributed by atoms with Gasteiger partial charge in [-0.2, -0.15) is 0 Å². The van der Waals surface area contributed by atoms with E-state index in [0.717, 1.165) is 5.56 Å². The zero-order valence-corrected chi connectivity index (χ0v) is 14.4. The van der Waals surface area contributed by atoms with E-state index in [-0.39, 0.29) is 18.1 Å². The summed E-state index contributed by atoms with van der Waals surface area (Å²) in [7, 11) is 1.29. The lowest BCUT2D eigenvalue weighted by Gasteiger charge is -2.35. The normalized spacial score (nSPS) is 14.6.